The fourth-order valence-electron chi connectivity index (χ4n) is 3.20. The molecule has 2 unspecified atom stereocenters. The van der Waals surface area contributed by atoms with Crippen LogP contribution >= 0.6 is 0 Å². The predicted octanol–water partition coefficient (Wildman–Crippen LogP) is 3.90. The lowest BCUT2D eigenvalue weighted by Gasteiger charge is -2.24. The summed E-state index contributed by atoms with van der Waals surface area (Å²) in [4.78, 5) is 0. The highest BCUT2D eigenvalue weighted by molar-refractivity contribution is 5.39. The fraction of sp³-hybridized carbons (Fsp3) is 0.368. The van der Waals surface area contributed by atoms with Gasteiger partial charge in [0, 0.05) is 6.42 Å². The Balaban J connectivity index is 1.85. The standard InChI is InChI=1S/C19H23NO/c1-3-14-9-6-8-12-17(14)21-18-13-15-10-5-7-11-16(15)19(18)20-4-2/h5-12,18-20H,3-4,13H2,1-2H3. The average molecular weight is 281 g/mol. The van der Waals surface area contributed by atoms with Crippen LogP contribution in [-0.2, 0) is 12.8 Å². The van der Waals surface area contributed by atoms with Crippen molar-refractivity contribution < 1.29 is 4.74 Å². The number of hydrogen-bond acceptors (Lipinski definition) is 2. The normalized spacial score (nSPS) is 20.3. The van der Waals surface area contributed by atoms with E-state index in [0.29, 0.717) is 0 Å². The Hall–Kier alpha value is -1.80. The summed E-state index contributed by atoms with van der Waals surface area (Å²) in [6.07, 6.45) is 2.16. The van der Waals surface area contributed by atoms with Crippen LogP contribution in [0.5, 0.6) is 5.75 Å². The lowest BCUT2D eigenvalue weighted by Crippen LogP contribution is -2.33. The lowest BCUT2D eigenvalue weighted by atomic mass is 10.1. The number of hydrogen-bond donors (Lipinski definition) is 1. The molecule has 0 aliphatic heterocycles. The first-order valence-corrected chi connectivity index (χ1v) is 7.89. The molecule has 1 aliphatic carbocycles. The van der Waals surface area contributed by atoms with Gasteiger partial charge in [0.15, 0.2) is 0 Å². The number of aryl methyl sites for hydroxylation is 1. The maximum Gasteiger partial charge on any atom is 0.123 e. The molecule has 1 N–H and O–H groups in total. The maximum absolute atomic E-state index is 6.38. The fourth-order valence-corrected chi connectivity index (χ4v) is 3.20. The molecule has 3 rings (SSSR count). The zero-order chi connectivity index (χ0) is 14.7. The summed E-state index contributed by atoms with van der Waals surface area (Å²) in [5.41, 5.74) is 4.07. The quantitative estimate of drug-likeness (QED) is 0.897. The highest BCUT2D eigenvalue weighted by Crippen LogP contribution is 2.34. The van der Waals surface area contributed by atoms with E-state index in [1.165, 1.54) is 16.7 Å². The van der Waals surface area contributed by atoms with Gasteiger partial charge in [-0.1, -0.05) is 56.3 Å². The van der Waals surface area contributed by atoms with E-state index >= 15 is 0 Å². The summed E-state index contributed by atoms with van der Waals surface area (Å²) in [7, 11) is 0. The first-order chi connectivity index (χ1) is 10.3. The van der Waals surface area contributed by atoms with Crippen molar-refractivity contribution in [2.24, 2.45) is 0 Å². The molecule has 2 aromatic carbocycles. The van der Waals surface area contributed by atoms with Crippen LogP contribution in [-0.4, -0.2) is 12.6 Å². The van der Waals surface area contributed by atoms with Crippen LogP contribution in [0.15, 0.2) is 48.5 Å². The second kappa shape index (κ2) is 6.31. The SMILES string of the molecule is CCNC1c2ccccc2CC1Oc1ccccc1CC. The minimum absolute atomic E-state index is 0.176. The van der Waals surface area contributed by atoms with Crippen molar-refractivity contribution in [2.75, 3.05) is 6.54 Å². The molecule has 0 amide bonds. The zero-order valence-corrected chi connectivity index (χ0v) is 12.8. The molecular weight excluding hydrogens is 258 g/mol. The van der Waals surface area contributed by atoms with Gasteiger partial charge >= 0.3 is 0 Å². The summed E-state index contributed by atoms with van der Waals surface area (Å²) in [5, 5.41) is 3.58. The van der Waals surface area contributed by atoms with Gasteiger partial charge in [0.25, 0.3) is 0 Å². The van der Waals surface area contributed by atoms with E-state index in [0.717, 1.165) is 25.1 Å². The van der Waals surface area contributed by atoms with Crippen LogP contribution in [0.1, 0.15) is 36.6 Å². The number of nitrogens with one attached hydrogen (secondary N) is 1. The van der Waals surface area contributed by atoms with Crippen LogP contribution in [0.4, 0.5) is 0 Å². The van der Waals surface area contributed by atoms with E-state index in [4.69, 9.17) is 4.74 Å². The molecule has 0 heterocycles. The molecule has 2 heteroatoms. The van der Waals surface area contributed by atoms with Gasteiger partial charge in [-0.3, -0.25) is 0 Å². The minimum atomic E-state index is 0.176. The van der Waals surface area contributed by atoms with Crippen LogP contribution in [0, 0.1) is 0 Å². The molecule has 0 aromatic heterocycles. The third-order valence-corrected chi connectivity index (χ3v) is 4.24. The second-order valence-electron chi connectivity index (χ2n) is 5.56. The monoisotopic (exact) mass is 281 g/mol. The molecule has 0 bridgehead atoms. The second-order valence-corrected chi connectivity index (χ2v) is 5.56. The molecule has 0 fully saturated rings. The Labute approximate surface area is 127 Å². The van der Waals surface area contributed by atoms with Crippen molar-refractivity contribution in [1.82, 2.24) is 5.32 Å². The van der Waals surface area contributed by atoms with Gasteiger partial charge in [-0.05, 0) is 35.7 Å². The van der Waals surface area contributed by atoms with Crippen LogP contribution < -0.4 is 10.1 Å². The van der Waals surface area contributed by atoms with E-state index in [9.17, 15) is 0 Å². The average Bonchev–Trinajstić information content (AvgIpc) is 2.86. The summed E-state index contributed by atoms with van der Waals surface area (Å²) in [5.74, 6) is 1.03. The molecule has 0 saturated heterocycles. The Bertz CT molecular complexity index is 608. The highest BCUT2D eigenvalue weighted by atomic mass is 16.5. The molecule has 21 heavy (non-hydrogen) atoms. The van der Waals surface area contributed by atoms with Crippen molar-refractivity contribution in [3.8, 4) is 5.75 Å². The summed E-state index contributed by atoms with van der Waals surface area (Å²) in [6, 6.07) is 17.3. The van der Waals surface area contributed by atoms with E-state index in [1.54, 1.807) is 0 Å². The van der Waals surface area contributed by atoms with E-state index in [1.807, 2.05) is 0 Å². The molecule has 2 atom stereocenters. The van der Waals surface area contributed by atoms with Crippen molar-refractivity contribution in [3.05, 3.63) is 65.2 Å². The zero-order valence-electron chi connectivity index (χ0n) is 12.8. The summed E-state index contributed by atoms with van der Waals surface area (Å²) < 4.78 is 6.38. The molecule has 0 saturated carbocycles. The molecule has 110 valence electrons. The molecule has 1 aliphatic rings. The number of ether oxygens (including phenoxy) is 1. The highest BCUT2D eigenvalue weighted by Gasteiger charge is 2.33. The Kier molecular flexibility index (Phi) is 4.26. The van der Waals surface area contributed by atoms with Crippen molar-refractivity contribution in [2.45, 2.75) is 38.8 Å². The van der Waals surface area contributed by atoms with Gasteiger partial charge < -0.3 is 10.1 Å². The van der Waals surface area contributed by atoms with Crippen molar-refractivity contribution in [1.29, 1.82) is 0 Å². The van der Waals surface area contributed by atoms with E-state index < -0.39 is 0 Å². The maximum atomic E-state index is 6.38. The van der Waals surface area contributed by atoms with Crippen LogP contribution in [0.2, 0.25) is 0 Å². The number of fused-ring (bicyclic) bond motifs is 1. The summed E-state index contributed by atoms with van der Waals surface area (Å²) in [6.45, 7) is 5.28. The van der Waals surface area contributed by atoms with Crippen molar-refractivity contribution in [3.63, 3.8) is 0 Å². The van der Waals surface area contributed by atoms with E-state index in [2.05, 4.69) is 67.7 Å². The van der Waals surface area contributed by atoms with Crippen LogP contribution in [0.3, 0.4) is 0 Å². The van der Waals surface area contributed by atoms with Gasteiger partial charge in [0.05, 0.1) is 6.04 Å². The third kappa shape index (κ3) is 2.81. The number of rotatable bonds is 5. The largest absolute Gasteiger partial charge is 0.488 e. The van der Waals surface area contributed by atoms with E-state index in [-0.39, 0.29) is 12.1 Å². The Morgan fingerprint density at radius 2 is 1.81 bits per heavy atom. The Morgan fingerprint density at radius 3 is 2.62 bits per heavy atom. The van der Waals surface area contributed by atoms with Crippen LogP contribution in [0.25, 0.3) is 0 Å². The van der Waals surface area contributed by atoms with Gasteiger partial charge in [-0.15, -0.1) is 0 Å². The smallest absolute Gasteiger partial charge is 0.123 e. The third-order valence-electron chi connectivity index (χ3n) is 4.24. The first-order valence-electron chi connectivity index (χ1n) is 7.89. The minimum Gasteiger partial charge on any atom is -0.488 e. The Morgan fingerprint density at radius 1 is 1.05 bits per heavy atom. The molecule has 0 spiro atoms. The molecule has 2 nitrogen and oxygen atoms in total. The number of para-hydroxylation sites is 1. The van der Waals surface area contributed by atoms with Gasteiger partial charge in [-0.25, -0.2) is 0 Å². The van der Waals surface area contributed by atoms with Gasteiger partial charge in [0.2, 0.25) is 0 Å². The lowest BCUT2D eigenvalue weighted by molar-refractivity contribution is 0.166. The van der Waals surface area contributed by atoms with Gasteiger partial charge in [-0.2, -0.15) is 0 Å². The first kappa shape index (κ1) is 14.2. The summed E-state index contributed by atoms with van der Waals surface area (Å²) >= 11 is 0. The topological polar surface area (TPSA) is 21.3 Å². The van der Waals surface area contributed by atoms with Gasteiger partial charge in [0.1, 0.15) is 11.9 Å². The predicted molar refractivity (Wildman–Crippen MR) is 86.8 cm³/mol. The number of likely N-dealkylation sites (N-methyl/N-ethyl adjacent to an activating group) is 1. The molecular formula is C19H23NO. The molecule has 0 radical (unpaired) electrons. The van der Waals surface area contributed by atoms with Crippen molar-refractivity contribution >= 4 is 0 Å². The number of benzene rings is 2. The molecule has 2 aromatic rings.